The highest BCUT2D eigenvalue weighted by Crippen LogP contribution is 2.38. The fourth-order valence-corrected chi connectivity index (χ4v) is 3.87. The van der Waals surface area contributed by atoms with Gasteiger partial charge in [-0.3, -0.25) is 14.8 Å². The van der Waals surface area contributed by atoms with Gasteiger partial charge in [-0.25, -0.2) is 4.98 Å². The average Bonchev–Trinajstić information content (AvgIpc) is 2.77. The Morgan fingerprint density at radius 2 is 2.00 bits per heavy atom. The van der Waals surface area contributed by atoms with Crippen molar-refractivity contribution in [3.8, 4) is 5.75 Å². The van der Waals surface area contributed by atoms with Crippen molar-refractivity contribution in [2.45, 2.75) is 19.4 Å². The summed E-state index contributed by atoms with van der Waals surface area (Å²) in [7, 11) is 1.65. The standard InChI is InChI=1S/C23H25N5O2/c1-17(19-6-4-8-24-13-19)27-22(29)23(12-18-5-3-7-20(11-18)30-2)15-28(16-23)21-14-25-9-10-26-21/h3-11,13-14,17H,12,15-16H2,1-2H3,(H,27,29). The lowest BCUT2D eigenvalue weighted by Gasteiger charge is -2.49. The molecule has 1 saturated heterocycles. The van der Waals surface area contributed by atoms with Gasteiger partial charge in [-0.05, 0) is 42.7 Å². The number of benzene rings is 1. The lowest BCUT2D eigenvalue weighted by Crippen LogP contribution is -2.65. The van der Waals surface area contributed by atoms with E-state index in [4.69, 9.17) is 4.74 Å². The predicted molar refractivity (Wildman–Crippen MR) is 114 cm³/mol. The van der Waals surface area contributed by atoms with Crippen LogP contribution in [0.2, 0.25) is 0 Å². The van der Waals surface area contributed by atoms with E-state index in [2.05, 4.69) is 25.2 Å². The molecular weight excluding hydrogens is 378 g/mol. The molecule has 3 aromatic rings. The number of nitrogens with zero attached hydrogens (tertiary/aromatic N) is 4. The van der Waals surface area contributed by atoms with Crippen LogP contribution in [-0.2, 0) is 11.2 Å². The normalized spacial score (nSPS) is 15.7. The summed E-state index contributed by atoms with van der Waals surface area (Å²) in [5, 5.41) is 3.19. The second kappa shape index (κ2) is 8.49. The topological polar surface area (TPSA) is 80.2 Å². The summed E-state index contributed by atoms with van der Waals surface area (Å²) in [6.07, 6.45) is 9.18. The summed E-state index contributed by atoms with van der Waals surface area (Å²) < 4.78 is 5.36. The largest absolute Gasteiger partial charge is 0.497 e. The van der Waals surface area contributed by atoms with Crippen LogP contribution in [0.1, 0.15) is 24.1 Å². The summed E-state index contributed by atoms with van der Waals surface area (Å²) in [5.41, 5.74) is 1.49. The van der Waals surface area contributed by atoms with E-state index < -0.39 is 5.41 Å². The molecule has 1 unspecified atom stereocenters. The molecule has 4 rings (SSSR count). The van der Waals surface area contributed by atoms with E-state index in [9.17, 15) is 4.79 Å². The van der Waals surface area contributed by atoms with Gasteiger partial charge in [0.1, 0.15) is 11.6 Å². The van der Waals surface area contributed by atoms with Crippen LogP contribution >= 0.6 is 0 Å². The minimum atomic E-state index is -0.555. The Hall–Kier alpha value is -3.48. The highest BCUT2D eigenvalue weighted by molar-refractivity contribution is 5.86. The fourth-order valence-electron chi connectivity index (χ4n) is 3.87. The lowest BCUT2D eigenvalue weighted by atomic mass is 9.73. The predicted octanol–water partition coefficient (Wildman–Crippen LogP) is 2.81. The average molecular weight is 403 g/mol. The number of amides is 1. The number of pyridine rings is 1. The van der Waals surface area contributed by atoms with Gasteiger partial charge in [0, 0.05) is 37.9 Å². The van der Waals surface area contributed by atoms with Crippen molar-refractivity contribution in [2.24, 2.45) is 5.41 Å². The Bertz CT molecular complexity index is 991. The van der Waals surface area contributed by atoms with Gasteiger partial charge < -0.3 is 15.0 Å². The van der Waals surface area contributed by atoms with Gasteiger partial charge in [0.25, 0.3) is 0 Å². The van der Waals surface area contributed by atoms with E-state index in [0.29, 0.717) is 19.5 Å². The molecule has 0 radical (unpaired) electrons. The van der Waals surface area contributed by atoms with E-state index in [1.165, 1.54) is 0 Å². The summed E-state index contributed by atoms with van der Waals surface area (Å²) in [5.74, 6) is 1.60. The molecule has 1 amide bonds. The number of carbonyl (C=O) groups excluding carboxylic acids is 1. The number of rotatable bonds is 7. The monoisotopic (exact) mass is 403 g/mol. The lowest BCUT2D eigenvalue weighted by molar-refractivity contribution is -0.133. The van der Waals surface area contributed by atoms with Crippen LogP contribution in [-0.4, -0.2) is 41.1 Å². The number of ether oxygens (including phenoxy) is 1. The van der Waals surface area contributed by atoms with Crippen LogP contribution in [0.15, 0.2) is 67.4 Å². The Kier molecular flexibility index (Phi) is 5.61. The maximum Gasteiger partial charge on any atom is 0.230 e. The number of nitrogens with one attached hydrogen (secondary N) is 1. The first kappa shape index (κ1) is 19.8. The Balaban J connectivity index is 1.55. The molecule has 1 aliphatic heterocycles. The minimum Gasteiger partial charge on any atom is -0.497 e. The van der Waals surface area contributed by atoms with Crippen molar-refractivity contribution < 1.29 is 9.53 Å². The van der Waals surface area contributed by atoms with Crippen molar-refractivity contribution in [2.75, 3.05) is 25.1 Å². The second-order valence-corrected chi connectivity index (χ2v) is 7.71. The molecule has 2 aromatic heterocycles. The first-order chi connectivity index (χ1) is 14.6. The highest BCUT2D eigenvalue weighted by atomic mass is 16.5. The smallest absolute Gasteiger partial charge is 0.230 e. The first-order valence-electron chi connectivity index (χ1n) is 9.94. The van der Waals surface area contributed by atoms with Crippen LogP contribution in [0.4, 0.5) is 5.82 Å². The van der Waals surface area contributed by atoms with Crippen LogP contribution in [0.25, 0.3) is 0 Å². The minimum absolute atomic E-state index is 0.0295. The molecule has 30 heavy (non-hydrogen) atoms. The molecule has 7 heteroatoms. The Morgan fingerprint density at radius 3 is 2.70 bits per heavy atom. The Labute approximate surface area is 176 Å². The maximum absolute atomic E-state index is 13.4. The van der Waals surface area contributed by atoms with E-state index in [-0.39, 0.29) is 11.9 Å². The summed E-state index contributed by atoms with van der Waals surface area (Å²) in [6, 6.07) is 11.6. The van der Waals surface area contributed by atoms with E-state index in [0.717, 1.165) is 22.7 Å². The summed E-state index contributed by atoms with van der Waals surface area (Å²) in [4.78, 5) is 28.2. The van der Waals surface area contributed by atoms with E-state index in [1.54, 1.807) is 38.1 Å². The third-order valence-corrected chi connectivity index (χ3v) is 5.55. The molecule has 1 atom stereocenters. The van der Waals surface area contributed by atoms with Crippen molar-refractivity contribution >= 4 is 11.7 Å². The van der Waals surface area contributed by atoms with Crippen LogP contribution in [0.3, 0.4) is 0 Å². The molecule has 3 heterocycles. The number of methoxy groups -OCH3 is 1. The van der Waals surface area contributed by atoms with E-state index in [1.807, 2.05) is 43.3 Å². The number of carbonyl (C=O) groups is 1. The van der Waals surface area contributed by atoms with E-state index >= 15 is 0 Å². The number of hydrogen-bond acceptors (Lipinski definition) is 6. The Morgan fingerprint density at radius 1 is 1.17 bits per heavy atom. The fraction of sp³-hybridized carbons (Fsp3) is 0.304. The highest BCUT2D eigenvalue weighted by Gasteiger charge is 2.50. The second-order valence-electron chi connectivity index (χ2n) is 7.71. The molecule has 0 saturated carbocycles. The van der Waals surface area contributed by atoms with Gasteiger partial charge in [0.15, 0.2) is 0 Å². The molecule has 0 bridgehead atoms. The zero-order valence-electron chi connectivity index (χ0n) is 17.2. The van der Waals surface area contributed by atoms with Crippen molar-refractivity contribution in [3.63, 3.8) is 0 Å². The molecule has 1 aliphatic rings. The summed E-state index contributed by atoms with van der Waals surface area (Å²) >= 11 is 0. The van der Waals surface area contributed by atoms with Gasteiger partial charge in [-0.1, -0.05) is 18.2 Å². The third kappa shape index (κ3) is 4.10. The third-order valence-electron chi connectivity index (χ3n) is 5.55. The van der Waals surface area contributed by atoms with Crippen molar-refractivity contribution in [1.82, 2.24) is 20.3 Å². The van der Waals surface area contributed by atoms with Gasteiger partial charge in [-0.2, -0.15) is 0 Å². The van der Waals surface area contributed by atoms with Crippen molar-refractivity contribution in [1.29, 1.82) is 0 Å². The van der Waals surface area contributed by atoms with Gasteiger partial charge in [-0.15, -0.1) is 0 Å². The quantitative estimate of drug-likeness (QED) is 0.653. The molecule has 1 aromatic carbocycles. The van der Waals surface area contributed by atoms with Gasteiger partial charge in [0.2, 0.25) is 5.91 Å². The molecule has 0 aliphatic carbocycles. The molecule has 7 nitrogen and oxygen atoms in total. The van der Waals surface area contributed by atoms with Crippen LogP contribution in [0.5, 0.6) is 5.75 Å². The summed E-state index contributed by atoms with van der Waals surface area (Å²) in [6.45, 7) is 3.14. The van der Waals surface area contributed by atoms with Gasteiger partial charge >= 0.3 is 0 Å². The molecule has 0 spiro atoms. The number of hydrogen-bond donors (Lipinski definition) is 1. The first-order valence-corrected chi connectivity index (χ1v) is 9.94. The SMILES string of the molecule is COc1cccc(CC2(C(=O)NC(C)c3cccnc3)CN(c3cnccn3)C2)c1. The van der Waals surface area contributed by atoms with Crippen LogP contribution < -0.4 is 15.0 Å². The molecule has 154 valence electrons. The van der Waals surface area contributed by atoms with Crippen LogP contribution in [0, 0.1) is 5.41 Å². The zero-order valence-corrected chi connectivity index (χ0v) is 17.2. The zero-order chi connectivity index (χ0) is 21.0. The maximum atomic E-state index is 13.4. The number of aromatic nitrogens is 3. The molecule has 1 fully saturated rings. The molecular formula is C23H25N5O2. The van der Waals surface area contributed by atoms with Crippen molar-refractivity contribution in [3.05, 3.63) is 78.5 Å². The molecule has 1 N–H and O–H groups in total. The number of anilines is 1. The van der Waals surface area contributed by atoms with Gasteiger partial charge in [0.05, 0.1) is 24.8 Å².